The minimum atomic E-state index is -1.57. The van der Waals surface area contributed by atoms with Gasteiger partial charge in [0.25, 0.3) is 0 Å². The topological polar surface area (TPSA) is 160 Å². The number of halogens is 1. The molecule has 0 aliphatic carbocycles. The first-order chi connectivity index (χ1) is 20.2. The molecule has 3 atom stereocenters. The SMILES string of the molecule is CC(C)(C)OC(=O)N[C@H]1CCN(c2c(F)cc3c(=O)c(C(=O)O)cn4c3c2Oc2ccc3c(c2-4)O[C@@H]([C@](C)(O)CO)C3)C1. The van der Waals surface area contributed by atoms with Crippen molar-refractivity contribution in [1.82, 2.24) is 9.88 Å². The molecule has 228 valence electrons. The minimum Gasteiger partial charge on any atom is -0.484 e. The van der Waals surface area contributed by atoms with E-state index in [9.17, 15) is 29.7 Å². The molecular weight excluding hydrogens is 565 g/mol. The van der Waals surface area contributed by atoms with Gasteiger partial charge in [-0.25, -0.2) is 14.0 Å². The van der Waals surface area contributed by atoms with Gasteiger partial charge in [0.2, 0.25) is 5.43 Å². The van der Waals surface area contributed by atoms with Crippen LogP contribution >= 0.6 is 0 Å². The van der Waals surface area contributed by atoms with Gasteiger partial charge in [-0.3, -0.25) is 4.79 Å². The smallest absolute Gasteiger partial charge is 0.407 e. The van der Waals surface area contributed by atoms with Crippen LogP contribution in [0.4, 0.5) is 14.9 Å². The molecule has 3 aliphatic heterocycles. The number of pyridine rings is 1. The van der Waals surface area contributed by atoms with Gasteiger partial charge < -0.3 is 44.3 Å². The Morgan fingerprint density at radius 3 is 2.60 bits per heavy atom. The fourth-order valence-electron chi connectivity index (χ4n) is 5.83. The zero-order chi connectivity index (χ0) is 31.0. The number of hydrogen-bond acceptors (Lipinski definition) is 9. The van der Waals surface area contributed by atoms with Gasteiger partial charge in [-0.1, -0.05) is 6.07 Å². The summed E-state index contributed by atoms with van der Waals surface area (Å²) in [5.41, 5.74) is -2.53. The molecule has 0 saturated carbocycles. The second-order valence-electron chi connectivity index (χ2n) is 12.4. The van der Waals surface area contributed by atoms with E-state index in [2.05, 4.69) is 5.32 Å². The highest BCUT2D eigenvalue weighted by Crippen LogP contribution is 2.52. The second-order valence-corrected chi connectivity index (χ2v) is 12.4. The molecule has 6 rings (SSSR count). The van der Waals surface area contributed by atoms with Gasteiger partial charge in [-0.2, -0.15) is 0 Å². The van der Waals surface area contributed by atoms with E-state index in [-0.39, 0.29) is 58.5 Å². The number of fused-ring (bicyclic) bond motifs is 4. The number of nitrogens with zero attached hydrogens (tertiary/aromatic N) is 2. The zero-order valence-electron chi connectivity index (χ0n) is 24.1. The highest BCUT2D eigenvalue weighted by molar-refractivity contribution is 5.99. The number of alkyl carbamates (subject to hydrolysis) is 1. The Labute approximate surface area is 245 Å². The molecular formula is C30H32FN3O9. The van der Waals surface area contributed by atoms with Crippen molar-refractivity contribution in [3.63, 3.8) is 0 Å². The van der Waals surface area contributed by atoms with Crippen molar-refractivity contribution in [2.45, 2.75) is 63.9 Å². The van der Waals surface area contributed by atoms with Crippen LogP contribution in [0, 0.1) is 5.82 Å². The molecule has 1 fully saturated rings. The monoisotopic (exact) mass is 597 g/mol. The quantitative estimate of drug-likeness (QED) is 0.269. The van der Waals surface area contributed by atoms with Crippen LogP contribution in [0.1, 0.15) is 50.0 Å². The van der Waals surface area contributed by atoms with Crippen LogP contribution in [0.3, 0.4) is 0 Å². The number of hydrogen-bond donors (Lipinski definition) is 4. The summed E-state index contributed by atoms with van der Waals surface area (Å²) < 4.78 is 35.1. The number of anilines is 1. The number of aromatic carboxylic acids is 1. The maximum absolute atomic E-state index is 15.9. The van der Waals surface area contributed by atoms with E-state index in [0.717, 1.165) is 12.3 Å². The van der Waals surface area contributed by atoms with Gasteiger partial charge >= 0.3 is 12.1 Å². The molecule has 4 heterocycles. The molecule has 43 heavy (non-hydrogen) atoms. The number of rotatable bonds is 5. The molecule has 13 heteroatoms. The lowest BCUT2D eigenvalue weighted by atomic mass is 9.96. The number of carboxylic acid groups (broad SMARTS) is 1. The van der Waals surface area contributed by atoms with Gasteiger partial charge in [0, 0.05) is 31.3 Å². The predicted molar refractivity (Wildman–Crippen MR) is 152 cm³/mol. The van der Waals surface area contributed by atoms with Crippen molar-refractivity contribution in [2.75, 3.05) is 24.6 Å². The molecule has 0 spiro atoms. The number of aromatic nitrogens is 1. The number of amides is 1. The lowest BCUT2D eigenvalue weighted by Gasteiger charge is -2.30. The molecule has 0 bridgehead atoms. The number of carbonyl (C=O) groups excluding carboxylic acids is 1. The third kappa shape index (κ3) is 4.82. The third-order valence-corrected chi connectivity index (χ3v) is 7.93. The molecule has 3 aliphatic rings. The number of aliphatic hydroxyl groups is 2. The van der Waals surface area contributed by atoms with Crippen molar-refractivity contribution >= 4 is 28.7 Å². The van der Waals surface area contributed by atoms with E-state index >= 15 is 4.39 Å². The van der Waals surface area contributed by atoms with Crippen LogP contribution in [0.15, 0.2) is 29.2 Å². The van der Waals surface area contributed by atoms with E-state index in [0.29, 0.717) is 18.5 Å². The average Bonchev–Trinajstić information content (AvgIpc) is 3.56. The average molecular weight is 598 g/mol. The molecule has 3 aromatic rings. The predicted octanol–water partition coefficient (Wildman–Crippen LogP) is 3.08. The molecule has 1 amide bonds. The first kappa shape index (κ1) is 28.7. The summed E-state index contributed by atoms with van der Waals surface area (Å²) in [6.07, 6.45) is 0.513. The summed E-state index contributed by atoms with van der Waals surface area (Å²) in [5, 5.41) is 32.8. The van der Waals surface area contributed by atoms with Crippen LogP contribution in [0.2, 0.25) is 0 Å². The highest BCUT2D eigenvalue weighted by atomic mass is 19.1. The van der Waals surface area contributed by atoms with E-state index in [1.807, 2.05) is 0 Å². The Balaban J connectivity index is 1.48. The largest absolute Gasteiger partial charge is 0.484 e. The first-order valence-electron chi connectivity index (χ1n) is 13.9. The fourth-order valence-corrected chi connectivity index (χ4v) is 5.83. The lowest BCUT2D eigenvalue weighted by molar-refractivity contribution is -0.0729. The second kappa shape index (κ2) is 9.85. The van der Waals surface area contributed by atoms with E-state index in [4.69, 9.17) is 14.2 Å². The summed E-state index contributed by atoms with van der Waals surface area (Å²) in [4.78, 5) is 39.4. The zero-order valence-corrected chi connectivity index (χ0v) is 24.1. The summed E-state index contributed by atoms with van der Waals surface area (Å²) >= 11 is 0. The van der Waals surface area contributed by atoms with Gasteiger partial charge in [0.1, 0.15) is 39.8 Å². The fraction of sp³-hybridized carbons (Fsp3) is 0.433. The number of benzene rings is 2. The van der Waals surface area contributed by atoms with Gasteiger partial charge in [0.05, 0.1) is 18.0 Å². The molecule has 4 N–H and O–H groups in total. The summed E-state index contributed by atoms with van der Waals surface area (Å²) in [6.45, 7) is 6.73. The molecule has 0 radical (unpaired) electrons. The Hall–Kier alpha value is -4.36. The summed E-state index contributed by atoms with van der Waals surface area (Å²) in [6, 6.07) is 4.01. The van der Waals surface area contributed by atoms with E-state index in [1.54, 1.807) is 37.8 Å². The molecule has 12 nitrogen and oxygen atoms in total. The molecule has 2 aromatic carbocycles. The van der Waals surface area contributed by atoms with Crippen LogP contribution < -0.4 is 25.1 Å². The maximum atomic E-state index is 15.9. The van der Waals surface area contributed by atoms with Gasteiger partial charge in [-0.15, -0.1) is 0 Å². The van der Waals surface area contributed by atoms with E-state index < -0.39 is 52.8 Å². The highest BCUT2D eigenvalue weighted by Gasteiger charge is 2.42. The Morgan fingerprint density at radius 2 is 1.93 bits per heavy atom. The number of carbonyl (C=O) groups is 2. The van der Waals surface area contributed by atoms with Crippen molar-refractivity contribution in [2.24, 2.45) is 0 Å². The maximum Gasteiger partial charge on any atom is 0.407 e. The molecule has 0 unspecified atom stereocenters. The van der Waals surface area contributed by atoms with Crippen molar-refractivity contribution in [3.8, 4) is 22.9 Å². The third-order valence-electron chi connectivity index (χ3n) is 7.93. The van der Waals surface area contributed by atoms with E-state index in [1.165, 1.54) is 11.5 Å². The van der Waals surface area contributed by atoms with Gasteiger partial charge in [0.15, 0.2) is 23.1 Å². The Morgan fingerprint density at radius 1 is 1.19 bits per heavy atom. The van der Waals surface area contributed by atoms with Crippen molar-refractivity contribution in [3.05, 3.63) is 51.6 Å². The van der Waals surface area contributed by atoms with Crippen LogP contribution in [-0.2, 0) is 11.2 Å². The minimum absolute atomic E-state index is 0.0197. The molecule has 1 saturated heterocycles. The first-order valence-corrected chi connectivity index (χ1v) is 13.9. The summed E-state index contributed by atoms with van der Waals surface area (Å²) in [5.74, 6) is -1.75. The van der Waals surface area contributed by atoms with Crippen LogP contribution in [-0.4, -0.2) is 75.0 Å². The number of carboxylic acids is 1. The van der Waals surface area contributed by atoms with Crippen molar-refractivity contribution < 1.29 is 43.5 Å². The Kier molecular flexibility index (Phi) is 6.58. The van der Waals surface area contributed by atoms with Gasteiger partial charge in [-0.05, 0) is 46.2 Å². The number of ether oxygens (including phenoxy) is 3. The molecule has 1 aromatic heterocycles. The Bertz CT molecular complexity index is 1740. The number of nitrogens with one attached hydrogen (secondary N) is 1. The standard InChI is InChI=1S/C30H32FN3O9/c1-29(2,3)43-28(39)32-15-7-8-33(11-15)22-18(31)10-16-21-26(22)41-19-6-5-14-9-20(30(4,40)13-35)42-25(14)23(19)34(21)12-17(24(16)36)27(37)38/h5-6,10,12,15,20,35,40H,7-9,11,13H2,1-4H3,(H,32,39)(H,37,38)/t15-,20+,30+/m0/s1. The normalized spacial score (nSPS) is 20.1. The summed E-state index contributed by atoms with van der Waals surface area (Å²) in [7, 11) is 0. The number of aliphatic hydroxyl groups excluding tert-OH is 1. The lowest BCUT2D eigenvalue weighted by Crippen LogP contribution is -2.45. The van der Waals surface area contributed by atoms with Crippen molar-refractivity contribution in [1.29, 1.82) is 0 Å². The van der Waals surface area contributed by atoms with Crippen LogP contribution in [0.25, 0.3) is 16.6 Å². The van der Waals surface area contributed by atoms with Crippen LogP contribution in [0.5, 0.6) is 17.2 Å².